The van der Waals surface area contributed by atoms with E-state index in [0.29, 0.717) is 36.2 Å². The first-order valence-corrected chi connectivity index (χ1v) is 12.4. The summed E-state index contributed by atoms with van der Waals surface area (Å²) in [5.41, 5.74) is 8.19. The van der Waals surface area contributed by atoms with Crippen LogP contribution in [0.4, 0.5) is 11.5 Å². The minimum atomic E-state index is -0.0235. The van der Waals surface area contributed by atoms with Gasteiger partial charge in [0, 0.05) is 56.1 Å². The van der Waals surface area contributed by atoms with Crippen molar-refractivity contribution in [3.05, 3.63) is 53.1 Å². The highest BCUT2D eigenvalue weighted by Crippen LogP contribution is 2.29. The average Bonchev–Trinajstić information content (AvgIpc) is 3.31. The molecule has 2 aromatic heterocycles. The van der Waals surface area contributed by atoms with Crippen LogP contribution in [0.25, 0.3) is 10.9 Å². The minimum Gasteiger partial charge on any atom is -0.379 e. The van der Waals surface area contributed by atoms with Gasteiger partial charge in [-0.1, -0.05) is 11.6 Å². The number of Topliss-reactive ketones (excluding diaryl/α,β-unsaturated/α-hetero) is 1. The van der Waals surface area contributed by atoms with Crippen molar-refractivity contribution < 1.29 is 9.53 Å². The van der Waals surface area contributed by atoms with Gasteiger partial charge in [0.15, 0.2) is 5.78 Å². The third-order valence-corrected chi connectivity index (χ3v) is 6.89. The fourth-order valence-corrected chi connectivity index (χ4v) is 4.97. The maximum absolute atomic E-state index is 13.5. The van der Waals surface area contributed by atoms with Gasteiger partial charge in [0.05, 0.1) is 41.8 Å². The van der Waals surface area contributed by atoms with Crippen molar-refractivity contribution >= 4 is 39.8 Å². The molecule has 10 heteroatoms. The second kappa shape index (κ2) is 10.4. The number of anilines is 2. The summed E-state index contributed by atoms with van der Waals surface area (Å²) >= 11 is 6.55. The molecule has 2 aliphatic heterocycles. The number of fused-ring (bicyclic) bond motifs is 1. The van der Waals surface area contributed by atoms with Gasteiger partial charge in [-0.25, -0.2) is 20.0 Å². The van der Waals surface area contributed by atoms with E-state index >= 15 is 0 Å². The minimum absolute atomic E-state index is 0.0235. The molecule has 35 heavy (non-hydrogen) atoms. The molecule has 0 unspecified atom stereocenters. The van der Waals surface area contributed by atoms with Crippen molar-refractivity contribution in [1.29, 1.82) is 0 Å². The van der Waals surface area contributed by atoms with Gasteiger partial charge in [-0.15, -0.1) is 0 Å². The molecule has 9 nitrogen and oxygen atoms in total. The maximum atomic E-state index is 13.5. The summed E-state index contributed by atoms with van der Waals surface area (Å²) in [5.74, 6) is 1.56. The lowest BCUT2D eigenvalue weighted by Gasteiger charge is -2.38. The first-order chi connectivity index (χ1) is 17.0. The fourth-order valence-electron chi connectivity index (χ4n) is 4.70. The molecule has 0 bridgehead atoms. The van der Waals surface area contributed by atoms with Crippen LogP contribution in [0.5, 0.6) is 0 Å². The number of rotatable bonds is 7. The molecule has 0 aliphatic carbocycles. The SMILES string of the molecule is Cc1ncc(N(CCC(=O)c2c(Cl)ccc3nc(N4CC[C@H](N)C4)ccc23)N2CCOCC2)cn1. The quantitative estimate of drug-likeness (QED) is 0.496. The van der Waals surface area contributed by atoms with Crippen molar-refractivity contribution in [1.82, 2.24) is 20.0 Å². The molecule has 1 aromatic carbocycles. The van der Waals surface area contributed by atoms with Gasteiger partial charge in [-0.2, -0.15) is 0 Å². The van der Waals surface area contributed by atoms with Crippen LogP contribution in [0.1, 0.15) is 29.0 Å². The predicted molar refractivity (Wildman–Crippen MR) is 137 cm³/mol. The van der Waals surface area contributed by atoms with Crippen LogP contribution in [-0.4, -0.2) is 77.7 Å². The van der Waals surface area contributed by atoms with E-state index in [1.807, 2.05) is 25.1 Å². The number of hydrazine groups is 1. The Hall–Kier alpha value is -2.85. The number of aryl methyl sites for hydroxylation is 1. The summed E-state index contributed by atoms with van der Waals surface area (Å²) < 4.78 is 5.51. The summed E-state index contributed by atoms with van der Waals surface area (Å²) in [4.78, 5) is 29.2. The largest absolute Gasteiger partial charge is 0.379 e. The lowest BCUT2D eigenvalue weighted by atomic mass is 10.0. The summed E-state index contributed by atoms with van der Waals surface area (Å²) in [5, 5.41) is 5.47. The topological polar surface area (TPSA) is 101 Å². The second-order valence-electron chi connectivity index (χ2n) is 9.00. The van der Waals surface area contributed by atoms with Gasteiger partial charge < -0.3 is 20.4 Å². The van der Waals surface area contributed by atoms with Gasteiger partial charge in [-0.05, 0) is 37.6 Å². The lowest BCUT2D eigenvalue weighted by molar-refractivity contribution is 0.0314. The molecule has 5 rings (SSSR count). The molecule has 184 valence electrons. The summed E-state index contributed by atoms with van der Waals surface area (Å²) in [6, 6.07) is 7.71. The molecular formula is C25H30ClN7O2. The van der Waals surface area contributed by atoms with Crippen LogP contribution in [0, 0.1) is 6.92 Å². The zero-order valence-electron chi connectivity index (χ0n) is 19.9. The Morgan fingerprint density at radius 2 is 1.94 bits per heavy atom. The monoisotopic (exact) mass is 495 g/mol. The molecule has 0 amide bonds. The zero-order chi connectivity index (χ0) is 24.4. The van der Waals surface area contributed by atoms with E-state index in [1.54, 1.807) is 18.5 Å². The highest BCUT2D eigenvalue weighted by molar-refractivity contribution is 6.35. The predicted octanol–water partition coefficient (Wildman–Crippen LogP) is 2.85. The Balaban J connectivity index is 1.38. The molecule has 3 aromatic rings. The molecule has 0 saturated carbocycles. The number of ketones is 1. The standard InChI is InChI=1S/C25H30ClN7O2/c1-17-28-14-19(15-29-17)33(32-10-12-35-13-11-32)9-7-23(34)25-20-2-5-24(31-8-6-18(27)16-31)30-22(20)4-3-21(25)26/h2-5,14-15,18H,6-13,16,27H2,1H3/t18-/m0/s1. The highest BCUT2D eigenvalue weighted by atomic mass is 35.5. The molecule has 0 spiro atoms. The Kier molecular flexibility index (Phi) is 7.10. The number of aromatic nitrogens is 3. The van der Waals surface area contributed by atoms with Crippen molar-refractivity contribution in [2.45, 2.75) is 25.8 Å². The van der Waals surface area contributed by atoms with Crippen LogP contribution >= 0.6 is 11.6 Å². The Labute approximate surface area is 209 Å². The molecule has 2 N–H and O–H groups in total. The van der Waals surface area contributed by atoms with E-state index in [0.717, 1.165) is 55.0 Å². The van der Waals surface area contributed by atoms with Gasteiger partial charge in [-0.3, -0.25) is 4.79 Å². The number of benzene rings is 1. The fraction of sp³-hybridized carbons (Fsp3) is 0.440. The number of ether oxygens (including phenoxy) is 1. The van der Waals surface area contributed by atoms with E-state index in [4.69, 9.17) is 27.1 Å². The molecule has 4 heterocycles. The van der Waals surface area contributed by atoms with Crippen LogP contribution in [0.3, 0.4) is 0 Å². The normalized spacial score (nSPS) is 18.8. The zero-order valence-corrected chi connectivity index (χ0v) is 20.6. The van der Waals surface area contributed by atoms with Crippen LogP contribution in [0.2, 0.25) is 5.02 Å². The van der Waals surface area contributed by atoms with E-state index in [1.165, 1.54) is 0 Å². The Bertz CT molecular complexity index is 1200. The molecule has 2 aliphatic rings. The smallest absolute Gasteiger partial charge is 0.166 e. The third kappa shape index (κ3) is 5.23. The first-order valence-electron chi connectivity index (χ1n) is 12.0. The second-order valence-corrected chi connectivity index (χ2v) is 9.41. The third-order valence-electron chi connectivity index (χ3n) is 6.58. The number of halogens is 1. The van der Waals surface area contributed by atoms with Gasteiger partial charge in [0.1, 0.15) is 11.6 Å². The van der Waals surface area contributed by atoms with Crippen LogP contribution in [-0.2, 0) is 4.74 Å². The summed E-state index contributed by atoms with van der Waals surface area (Å²) in [6.45, 7) is 6.77. The molecule has 1 atom stereocenters. The van der Waals surface area contributed by atoms with E-state index in [2.05, 4.69) is 24.9 Å². The molecule has 2 fully saturated rings. The highest BCUT2D eigenvalue weighted by Gasteiger charge is 2.24. The lowest BCUT2D eigenvalue weighted by Crippen LogP contribution is -2.49. The van der Waals surface area contributed by atoms with Crippen LogP contribution in [0.15, 0.2) is 36.7 Å². The average molecular weight is 496 g/mol. The van der Waals surface area contributed by atoms with Crippen molar-refractivity contribution in [3.8, 4) is 0 Å². The molecule has 0 radical (unpaired) electrons. The number of carbonyl (C=O) groups excluding carboxylic acids is 1. The van der Waals surface area contributed by atoms with Crippen LogP contribution < -0.4 is 15.6 Å². The first kappa shape index (κ1) is 23.9. The number of pyridine rings is 1. The number of hydrogen-bond donors (Lipinski definition) is 1. The Morgan fingerprint density at radius 3 is 2.66 bits per heavy atom. The van der Waals surface area contributed by atoms with Gasteiger partial charge >= 0.3 is 0 Å². The maximum Gasteiger partial charge on any atom is 0.166 e. The number of morpholine rings is 1. The van der Waals surface area contributed by atoms with Crippen molar-refractivity contribution in [2.24, 2.45) is 5.73 Å². The number of nitrogens with two attached hydrogens (primary N) is 1. The number of hydrogen-bond acceptors (Lipinski definition) is 9. The van der Waals surface area contributed by atoms with Gasteiger partial charge in [0.2, 0.25) is 0 Å². The summed E-state index contributed by atoms with van der Waals surface area (Å²) in [6.07, 6.45) is 4.83. The molecule has 2 saturated heterocycles. The number of nitrogens with zero attached hydrogens (tertiary/aromatic N) is 6. The van der Waals surface area contributed by atoms with E-state index < -0.39 is 0 Å². The van der Waals surface area contributed by atoms with Crippen molar-refractivity contribution in [2.75, 3.05) is 55.8 Å². The van der Waals surface area contributed by atoms with E-state index in [9.17, 15) is 4.79 Å². The van der Waals surface area contributed by atoms with Crippen molar-refractivity contribution in [3.63, 3.8) is 0 Å². The van der Waals surface area contributed by atoms with E-state index in [-0.39, 0.29) is 18.2 Å². The Morgan fingerprint density at radius 1 is 1.17 bits per heavy atom. The number of carbonyl (C=O) groups is 1. The van der Waals surface area contributed by atoms with Gasteiger partial charge in [0.25, 0.3) is 0 Å². The molecular weight excluding hydrogens is 466 g/mol. The summed E-state index contributed by atoms with van der Waals surface area (Å²) in [7, 11) is 0.